The lowest BCUT2D eigenvalue weighted by atomic mass is 10.1. The molecule has 90 valence electrons. The monoisotopic (exact) mass is 229 g/mol. The van der Waals surface area contributed by atoms with Gasteiger partial charge in [-0.2, -0.15) is 0 Å². The highest BCUT2D eigenvalue weighted by molar-refractivity contribution is 5.80. The molecule has 3 heteroatoms. The quantitative estimate of drug-likeness (QED) is 0.852. The summed E-state index contributed by atoms with van der Waals surface area (Å²) >= 11 is 0. The van der Waals surface area contributed by atoms with Crippen molar-refractivity contribution in [2.24, 2.45) is 16.6 Å². The summed E-state index contributed by atoms with van der Waals surface area (Å²) in [5.74, 6) is 1.61. The summed E-state index contributed by atoms with van der Waals surface area (Å²) in [4.78, 5) is 6.71. The first-order valence-corrected chi connectivity index (χ1v) is 6.43. The van der Waals surface area contributed by atoms with E-state index in [1.807, 2.05) is 0 Å². The van der Waals surface area contributed by atoms with Crippen molar-refractivity contribution in [1.29, 1.82) is 0 Å². The van der Waals surface area contributed by atoms with Gasteiger partial charge in [0.1, 0.15) is 0 Å². The van der Waals surface area contributed by atoms with Gasteiger partial charge in [-0.15, -0.1) is 0 Å². The Morgan fingerprint density at radius 2 is 2.00 bits per heavy atom. The molecule has 1 aliphatic carbocycles. The maximum absolute atomic E-state index is 5.98. The smallest absolute Gasteiger partial charge is 0.191 e. The molecule has 2 aliphatic rings. The molecule has 0 amide bonds. The molecular formula is C14H19N3. The van der Waals surface area contributed by atoms with Crippen molar-refractivity contribution in [3.63, 3.8) is 0 Å². The molecule has 0 radical (unpaired) electrons. The van der Waals surface area contributed by atoms with Crippen LogP contribution in [0.15, 0.2) is 35.3 Å². The number of aliphatic imine (C=N–C) groups is 1. The second-order valence-corrected chi connectivity index (χ2v) is 5.14. The molecule has 1 aliphatic heterocycles. The Labute approximate surface area is 102 Å². The van der Waals surface area contributed by atoms with E-state index in [0.29, 0.717) is 6.04 Å². The average molecular weight is 229 g/mol. The fourth-order valence-electron chi connectivity index (χ4n) is 2.46. The van der Waals surface area contributed by atoms with Gasteiger partial charge in [0.15, 0.2) is 5.96 Å². The lowest BCUT2D eigenvalue weighted by molar-refractivity contribution is 0.325. The lowest BCUT2D eigenvalue weighted by Gasteiger charge is -2.26. The maximum atomic E-state index is 5.98. The first kappa shape index (κ1) is 10.6. The Hall–Kier alpha value is -1.51. The van der Waals surface area contributed by atoms with Crippen LogP contribution in [0.2, 0.25) is 0 Å². The van der Waals surface area contributed by atoms with Crippen molar-refractivity contribution in [1.82, 2.24) is 4.90 Å². The van der Waals surface area contributed by atoms with Gasteiger partial charge in [0.05, 0.1) is 12.6 Å². The van der Waals surface area contributed by atoms with Gasteiger partial charge in [0.25, 0.3) is 0 Å². The number of nitrogens with zero attached hydrogens (tertiary/aromatic N) is 2. The van der Waals surface area contributed by atoms with Crippen molar-refractivity contribution in [3.05, 3.63) is 35.9 Å². The molecule has 1 unspecified atom stereocenters. The molecule has 3 nitrogen and oxygen atoms in total. The third kappa shape index (κ3) is 2.43. The van der Waals surface area contributed by atoms with E-state index < -0.39 is 0 Å². The van der Waals surface area contributed by atoms with Gasteiger partial charge < -0.3 is 10.6 Å². The van der Waals surface area contributed by atoms with Crippen molar-refractivity contribution in [2.45, 2.75) is 25.3 Å². The highest BCUT2D eigenvalue weighted by atomic mass is 15.3. The topological polar surface area (TPSA) is 41.6 Å². The fourth-order valence-corrected chi connectivity index (χ4v) is 2.46. The van der Waals surface area contributed by atoms with E-state index >= 15 is 0 Å². The molecule has 1 saturated carbocycles. The second kappa shape index (κ2) is 4.40. The maximum Gasteiger partial charge on any atom is 0.191 e. The van der Waals surface area contributed by atoms with Gasteiger partial charge in [-0.3, -0.25) is 4.99 Å². The van der Waals surface area contributed by atoms with Crippen LogP contribution in [-0.4, -0.2) is 30.0 Å². The minimum absolute atomic E-state index is 0.470. The molecule has 0 saturated heterocycles. The molecule has 17 heavy (non-hydrogen) atoms. The zero-order valence-corrected chi connectivity index (χ0v) is 10.0. The lowest BCUT2D eigenvalue weighted by Crippen LogP contribution is -2.43. The van der Waals surface area contributed by atoms with Crippen LogP contribution in [0.25, 0.3) is 0 Å². The highest BCUT2D eigenvalue weighted by Gasteiger charge is 2.32. The van der Waals surface area contributed by atoms with Gasteiger partial charge in [-0.1, -0.05) is 30.3 Å². The Morgan fingerprint density at radius 1 is 1.24 bits per heavy atom. The summed E-state index contributed by atoms with van der Waals surface area (Å²) in [6.45, 7) is 1.96. The average Bonchev–Trinajstić information content (AvgIpc) is 3.10. The number of rotatable bonds is 4. The normalized spacial score (nSPS) is 23.9. The Balaban J connectivity index is 1.66. The number of benzene rings is 1. The predicted octanol–water partition coefficient (Wildman–Crippen LogP) is 1.64. The summed E-state index contributed by atoms with van der Waals surface area (Å²) < 4.78 is 0. The van der Waals surface area contributed by atoms with Crippen LogP contribution < -0.4 is 5.73 Å². The van der Waals surface area contributed by atoms with Gasteiger partial charge in [-0.25, -0.2) is 0 Å². The largest absolute Gasteiger partial charge is 0.370 e. The third-order valence-electron chi connectivity index (χ3n) is 3.67. The summed E-state index contributed by atoms with van der Waals surface area (Å²) in [7, 11) is 0. The van der Waals surface area contributed by atoms with E-state index in [-0.39, 0.29) is 0 Å². The molecule has 0 aromatic heterocycles. The predicted molar refractivity (Wildman–Crippen MR) is 69.9 cm³/mol. The number of hydrogen-bond donors (Lipinski definition) is 1. The first-order valence-electron chi connectivity index (χ1n) is 6.43. The standard InChI is InChI=1S/C14H19N3/c15-14-16-9-13(17(14)10-12-6-7-12)8-11-4-2-1-3-5-11/h1-5,12-13H,6-10H2,(H2,15,16). The molecule has 1 heterocycles. The van der Waals surface area contributed by atoms with Crippen LogP contribution in [0.4, 0.5) is 0 Å². The van der Waals surface area contributed by atoms with Gasteiger partial charge in [-0.05, 0) is 30.7 Å². The fraction of sp³-hybridized carbons (Fsp3) is 0.500. The van der Waals surface area contributed by atoms with Gasteiger partial charge in [0, 0.05) is 6.54 Å². The van der Waals surface area contributed by atoms with E-state index in [1.54, 1.807) is 0 Å². The summed E-state index contributed by atoms with van der Waals surface area (Å²) in [6.07, 6.45) is 3.78. The van der Waals surface area contributed by atoms with Crippen molar-refractivity contribution < 1.29 is 0 Å². The van der Waals surface area contributed by atoms with Crippen molar-refractivity contribution in [3.8, 4) is 0 Å². The van der Waals surface area contributed by atoms with Crippen LogP contribution in [0.5, 0.6) is 0 Å². The second-order valence-electron chi connectivity index (χ2n) is 5.14. The minimum atomic E-state index is 0.470. The molecule has 1 aromatic rings. The van der Waals surface area contributed by atoms with Crippen molar-refractivity contribution >= 4 is 5.96 Å². The van der Waals surface area contributed by atoms with Crippen LogP contribution in [0.1, 0.15) is 18.4 Å². The highest BCUT2D eigenvalue weighted by Crippen LogP contribution is 2.31. The number of guanidine groups is 1. The van der Waals surface area contributed by atoms with Gasteiger partial charge in [0.2, 0.25) is 0 Å². The zero-order chi connectivity index (χ0) is 11.7. The van der Waals surface area contributed by atoms with Crippen molar-refractivity contribution in [2.75, 3.05) is 13.1 Å². The Kier molecular flexibility index (Phi) is 2.75. The Bertz CT molecular complexity index is 409. The first-order chi connectivity index (χ1) is 8.33. The van der Waals surface area contributed by atoms with Crippen LogP contribution in [-0.2, 0) is 6.42 Å². The Morgan fingerprint density at radius 3 is 2.71 bits per heavy atom. The van der Waals surface area contributed by atoms with E-state index in [9.17, 15) is 0 Å². The number of hydrogen-bond acceptors (Lipinski definition) is 3. The summed E-state index contributed by atoms with van der Waals surface area (Å²) in [5, 5.41) is 0. The van der Waals surface area contributed by atoms with Crippen LogP contribution in [0.3, 0.4) is 0 Å². The third-order valence-corrected chi connectivity index (χ3v) is 3.67. The van der Waals surface area contributed by atoms with E-state index in [4.69, 9.17) is 5.73 Å². The minimum Gasteiger partial charge on any atom is -0.370 e. The van der Waals surface area contributed by atoms with E-state index in [0.717, 1.165) is 31.4 Å². The molecule has 1 fully saturated rings. The molecule has 1 atom stereocenters. The molecule has 0 bridgehead atoms. The summed E-state index contributed by atoms with van der Waals surface area (Å²) in [6, 6.07) is 11.1. The van der Waals surface area contributed by atoms with Gasteiger partial charge >= 0.3 is 0 Å². The molecule has 0 spiro atoms. The summed E-state index contributed by atoms with van der Waals surface area (Å²) in [5.41, 5.74) is 7.35. The van der Waals surface area contributed by atoms with E-state index in [2.05, 4.69) is 40.2 Å². The molecule has 2 N–H and O–H groups in total. The SMILES string of the molecule is NC1=NCC(Cc2ccccc2)N1CC1CC1. The van der Waals surface area contributed by atoms with Crippen LogP contribution >= 0.6 is 0 Å². The zero-order valence-electron chi connectivity index (χ0n) is 10.0. The molecule has 3 rings (SSSR count). The number of nitrogens with two attached hydrogens (primary N) is 1. The molecular weight excluding hydrogens is 210 g/mol. The van der Waals surface area contributed by atoms with Crippen LogP contribution in [0, 0.1) is 5.92 Å². The molecule has 1 aromatic carbocycles. The van der Waals surface area contributed by atoms with E-state index in [1.165, 1.54) is 18.4 Å².